The minimum absolute atomic E-state index is 0.0777. The van der Waals surface area contributed by atoms with Crippen LogP contribution in [0.25, 0.3) is 21.8 Å². The van der Waals surface area contributed by atoms with Gasteiger partial charge in [0.1, 0.15) is 23.1 Å². The van der Waals surface area contributed by atoms with Gasteiger partial charge in [-0.2, -0.15) is 0 Å². The molecule has 1 amide bonds. The summed E-state index contributed by atoms with van der Waals surface area (Å²) in [6.07, 6.45) is 0. The van der Waals surface area contributed by atoms with Gasteiger partial charge in [0.2, 0.25) is 0 Å². The molecule has 150 valence electrons. The van der Waals surface area contributed by atoms with Crippen LogP contribution in [0.2, 0.25) is 0 Å². The number of carbonyl (C=O) groups is 1. The van der Waals surface area contributed by atoms with Crippen molar-refractivity contribution in [3.8, 4) is 33.3 Å². The quantitative estimate of drug-likeness (QED) is 0.454. The number of nitrogens with two attached hydrogens (primary N) is 1. The van der Waals surface area contributed by atoms with Crippen molar-refractivity contribution in [1.82, 2.24) is 4.98 Å². The zero-order valence-electron chi connectivity index (χ0n) is 16.3. The van der Waals surface area contributed by atoms with E-state index in [2.05, 4.69) is 0 Å². The molecule has 0 fully saturated rings. The van der Waals surface area contributed by atoms with Gasteiger partial charge in [-0.25, -0.2) is 4.98 Å². The minimum Gasteiger partial charge on any atom is -0.507 e. The zero-order valence-corrected chi connectivity index (χ0v) is 17.1. The van der Waals surface area contributed by atoms with Gasteiger partial charge >= 0.3 is 0 Å². The molecule has 4 rings (SSSR count). The number of primary amides is 1. The van der Waals surface area contributed by atoms with Gasteiger partial charge in [0, 0.05) is 16.5 Å². The highest BCUT2D eigenvalue weighted by atomic mass is 32.1. The molecule has 3 N–H and O–H groups in total. The second-order valence-corrected chi connectivity index (χ2v) is 7.75. The Morgan fingerprint density at radius 2 is 1.87 bits per heavy atom. The van der Waals surface area contributed by atoms with E-state index in [4.69, 9.17) is 15.5 Å². The Morgan fingerprint density at radius 3 is 2.63 bits per heavy atom. The second-order valence-electron chi connectivity index (χ2n) is 6.89. The van der Waals surface area contributed by atoms with E-state index < -0.39 is 5.91 Å². The van der Waals surface area contributed by atoms with Crippen LogP contribution >= 0.6 is 11.3 Å². The summed E-state index contributed by atoms with van der Waals surface area (Å²) in [5, 5.41) is 12.6. The van der Waals surface area contributed by atoms with E-state index in [-0.39, 0.29) is 11.3 Å². The van der Waals surface area contributed by atoms with Crippen LogP contribution in [-0.4, -0.2) is 16.0 Å². The molecule has 0 bridgehead atoms. The van der Waals surface area contributed by atoms with Gasteiger partial charge in [0.05, 0.1) is 11.3 Å². The van der Waals surface area contributed by atoms with Crippen molar-refractivity contribution in [3.05, 3.63) is 88.8 Å². The van der Waals surface area contributed by atoms with E-state index >= 15 is 0 Å². The van der Waals surface area contributed by atoms with Gasteiger partial charge in [0.25, 0.3) is 5.91 Å². The maximum Gasteiger partial charge on any atom is 0.252 e. The number of aromatic nitrogens is 1. The lowest BCUT2D eigenvalue weighted by Gasteiger charge is -2.10. The van der Waals surface area contributed by atoms with Crippen LogP contribution in [0.5, 0.6) is 11.5 Å². The topological polar surface area (TPSA) is 85.4 Å². The Balaban J connectivity index is 1.60. The fraction of sp³-hybridized carbons (Fsp3) is 0.0833. The third-order valence-corrected chi connectivity index (χ3v) is 5.60. The molecular weight excluding hydrogens is 396 g/mol. The van der Waals surface area contributed by atoms with E-state index in [0.717, 1.165) is 27.4 Å². The van der Waals surface area contributed by atoms with E-state index in [0.29, 0.717) is 12.3 Å². The first-order chi connectivity index (χ1) is 14.5. The van der Waals surface area contributed by atoms with Crippen molar-refractivity contribution in [2.45, 2.75) is 13.5 Å². The lowest BCUT2D eigenvalue weighted by Crippen LogP contribution is -2.11. The number of hydrogen-bond donors (Lipinski definition) is 2. The van der Waals surface area contributed by atoms with Gasteiger partial charge < -0.3 is 15.6 Å². The first kappa shape index (κ1) is 19.7. The van der Waals surface area contributed by atoms with Crippen LogP contribution in [0, 0.1) is 6.92 Å². The van der Waals surface area contributed by atoms with E-state index in [1.54, 1.807) is 12.1 Å². The number of aromatic hydroxyl groups is 1. The fourth-order valence-electron chi connectivity index (χ4n) is 3.07. The first-order valence-electron chi connectivity index (χ1n) is 9.38. The van der Waals surface area contributed by atoms with E-state index in [1.165, 1.54) is 23.0 Å². The summed E-state index contributed by atoms with van der Waals surface area (Å²) in [5.41, 5.74) is 10.1. The summed E-state index contributed by atoms with van der Waals surface area (Å²) < 4.78 is 5.95. The average molecular weight is 417 g/mol. The smallest absolute Gasteiger partial charge is 0.252 e. The largest absolute Gasteiger partial charge is 0.507 e. The van der Waals surface area contributed by atoms with Crippen LogP contribution in [0.3, 0.4) is 0 Å². The molecule has 6 heteroatoms. The Morgan fingerprint density at radius 1 is 1.10 bits per heavy atom. The maximum absolute atomic E-state index is 11.5. The molecule has 1 aromatic heterocycles. The number of nitrogens with zero attached hydrogens (tertiary/aromatic N) is 1. The van der Waals surface area contributed by atoms with Gasteiger partial charge in [0.15, 0.2) is 0 Å². The Hall–Kier alpha value is -3.64. The number of amides is 1. The lowest BCUT2D eigenvalue weighted by atomic mass is 10.1. The average Bonchev–Trinajstić information content (AvgIpc) is 3.24. The van der Waals surface area contributed by atoms with Gasteiger partial charge in [-0.3, -0.25) is 4.79 Å². The molecule has 4 aromatic rings. The molecule has 0 saturated carbocycles. The molecule has 1 heterocycles. The van der Waals surface area contributed by atoms with Crippen molar-refractivity contribution >= 4 is 17.2 Å². The van der Waals surface area contributed by atoms with Crippen molar-refractivity contribution in [2.24, 2.45) is 5.73 Å². The molecule has 0 aliphatic rings. The summed E-state index contributed by atoms with van der Waals surface area (Å²) >= 11 is 1.51. The highest BCUT2D eigenvalue weighted by Crippen LogP contribution is 2.33. The molecule has 0 saturated heterocycles. The molecule has 0 atom stereocenters. The van der Waals surface area contributed by atoms with Crippen LogP contribution in [0.1, 0.15) is 21.5 Å². The highest BCUT2D eigenvalue weighted by molar-refractivity contribution is 7.13. The van der Waals surface area contributed by atoms with Gasteiger partial charge in [-0.1, -0.05) is 42.0 Å². The van der Waals surface area contributed by atoms with Crippen molar-refractivity contribution in [2.75, 3.05) is 0 Å². The number of rotatable bonds is 6. The van der Waals surface area contributed by atoms with Crippen LogP contribution < -0.4 is 10.5 Å². The summed E-state index contributed by atoms with van der Waals surface area (Å²) in [6, 6.07) is 20.7. The summed E-state index contributed by atoms with van der Waals surface area (Å²) in [5.74, 6) is 0.00186. The van der Waals surface area contributed by atoms with Crippen molar-refractivity contribution in [1.29, 1.82) is 0 Å². The highest BCUT2D eigenvalue weighted by Gasteiger charge is 2.14. The fourth-order valence-corrected chi connectivity index (χ4v) is 3.96. The molecule has 0 unspecified atom stereocenters. The third kappa shape index (κ3) is 4.18. The maximum atomic E-state index is 11.5. The monoisotopic (exact) mass is 416 g/mol. The van der Waals surface area contributed by atoms with Crippen molar-refractivity contribution in [3.63, 3.8) is 0 Å². The minimum atomic E-state index is -0.677. The zero-order chi connectivity index (χ0) is 21.1. The first-order valence-corrected chi connectivity index (χ1v) is 10.3. The predicted octanol–water partition coefficient (Wildman–Crippen LogP) is 5.17. The number of phenols is 1. The van der Waals surface area contributed by atoms with Crippen molar-refractivity contribution < 1.29 is 14.6 Å². The number of carbonyl (C=O) groups excluding carboxylic acids is 1. The van der Waals surface area contributed by atoms with Gasteiger partial charge in [-0.05, 0) is 42.8 Å². The van der Waals surface area contributed by atoms with E-state index in [9.17, 15) is 9.90 Å². The normalized spacial score (nSPS) is 10.7. The van der Waals surface area contributed by atoms with Crippen LogP contribution in [-0.2, 0) is 6.61 Å². The Kier molecular flexibility index (Phi) is 5.50. The molecule has 0 aliphatic heterocycles. The van der Waals surface area contributed by atoms with Gasteiger partial charge in [-0.15, -0.1) is 11.3 Å². The molecule has 0 aliphatic carbocycles. The number of aryl methyl sites for hydroxylation is 1. The second kappa shape index (κ2) is 8.39. The molecule has 3 aromatic carbocycles. The molecule has 30 heavy (non-hydrogen) atoms. The summed E-state index contributed by atoms with van der Waals surface area (Å²) in [6.45, 7) is 2.47. The van der Waals surface area contributed by atoms with Crippen LogP contribution in [0.15, 0.2) is 72.1 Å². The third-order valence-electron chi connectivity index (χ3n) is 4.73. The molecule has 0 spiro atoms. The standard InChI is InChI=1S/C24H20N2O3S/c1-15-6-9-18(10-7-15)29-13-17-4-2-3-5-19(17)24-26-21(14-30-24)16-8-11-22(27)20(12-16)23(25)28/h2-12,14,27H,13H2,1H3,(H2,25,28). The molecule has 0 radical (unpaired) electrons. The van der Waals surface area contributed by atoms with Crippen LogP contribution in [0.4, 0.5) is 0 Å². The Labute approximate surface area is 178 Å². The summed E-state index contributed by atoms with van der Waals surface area (Å²) in [7, 11) is 0. The molecule has 5 nitrogen and oxygen atoms in total. The SMILES string of the molecule is Cc1ccc(OCc2ccccc2-c2nc(-c3ccc(O)c(C(N)=O)c3)cs2)cc1. The predicted molar refractivity (Wildman–Crippen MR) is 119 cm³/mol. The van der Waals surface area contributed by atoms with E-state index in [1.807, 2.05) is 60.8 Å². The lowest BCUT2D eigenvalue weighted by molar-refractivity contribution is 0.0998. The number of benzene rings is 3. The summed E-state index contributed by atoms with van der Waals surface area (Å²) in [4.78, 5) is 16.3. The Bertz CT molecular complexity index is 1200. The number of ether oxygens (including phenoxy) is 1. The number of thiazole rings is 1. The molecular formula is C24H20N2O3S. The number of hydrogen-bond acceptors (Lipinski definition) is 5.